The third kappa shape index (κ3) is 3.86. The average Bonchev–Trinajstić information content (AvgIpc) is 3.35. The Labute approximate surface area is 194 Å². The number of carbonyl (C=O) groups excluding carboxylic acids is 3. The molecule has 3 aromatic rings. The SMILES string of the molecule is Cc1ccc(-c2csc3ncn(NC(=O)CCN4C(=O)[C@@H]5CCCC[C@H]5C4=O)c(=O)c23)cc1. The molecule has 1 N–H and O–H groups in total. The van der Waals surface area contributed by atoms with Crippen molar-refractivity contribution < 1.29 is 14.4 Å². The number of rotatable bonds is 5. The maximum atomic E-state index is 13.1. The number of carbonyl (C=O) groups is 3. The van der Waals surface area contributed by atoms with Gasteiger partial charge in [-0.25, -0.2) is 9.66 Å². The molecule has 170 valence electrons. The highest BCUT2D eigenvalue weighted by molar-refractivity contribution is 7.17. The second kappa shape index (κ2) is 8.55. The van der Waals surface area contributed by atoms with E-state index >= 15 is 0 Å². The summed E-state index contributed by atoms with van der Waals surface area (Å²) >= 11 is 1.37. The molecule has 1 saturated carbocycles. The molecule has 1 aliphatic carbocycles. The van der Waals surface area contributed by atoms with Gasteiger partial charge in [0.25, 0.3) is 5.56 Å². The Morgan fingerprint density at radius 1 is 1.09 bits per heavy atom. The molecule has 1 saturated heterocycles. The highest BCUT2D eigenvalue weighted by Crippen LogP contribution is 2.38. The van der Waals surface area contributed by atoms with Crippen molar-refractivity contribution in [3.05, 3.63) is 51.9 Å². The fourth-order valence-corrected chi connectivity index (χ4v) is 5.72. The number of nitrogens with zero attached hydrogens (tertiary/aromatic N) is 3. The van der Waals surface area contributed by atoms with Gasteiger partial charge in [0.2, 0.25) is 17.7 Å². The zero-order valence-corrected chi connectivity index (χ0v) is 19.1. The van der Waals surface area contributed by atoms with Gasteiger partial charge in [0, 0.05) is 23.9 Å². The van der Waals surface area contributed by atoms with E-state index < -0.39 is 5.91 Å². The Balaban J connectivity index is 1.31. The van der Waals surface area contributed by atoms with Crippen molar-refractivity contribution >= 4 is 39.3 Å². The van der Waals surface area contributed by atoms with Crippen molar-refractivity contribution in [2.24, 2.45) is 11.8 Å². The maximum absolute atomic E-state index is 13.1. The third-order valence-electron chi connectivity index (χ3n) is 6.60. The van der Waals surface area contributed by atoms with Gasteiger partial charge in [0.05, 0.1) is 17.2 Å². The van der Waals surface area contributed by atoms with Crippen LogP contribution >= 0.6 is 11.3 Å². The van der Waals surface area contributed by atoms with Crippen molar-refractivity contribution in [3.8, 4) is 11.1 Å². The molecule has 2 aromatic heterocycles. The van der Waals surface area contributed by atoms with Crippen LogP contribution in [0.3, 0.4) is 0 Å². The van der Waals surface area contributed by atoms with E-state index in [2.05, 4.69) is 10.4 Å². The van der Waals surface area contributed by atoms with Gasteiger partial charge in [-0.05, 0) is 25.3 Å². The van der Waals surface area contributed by atoms with E-state index in [0.29, 0.717) is 10.2 Å². The molecule has 3 heterocycles. The highest BCUT2D eigenvalue weighted by Gasteiger charge is 2.47. The van der Waals surface area contributed by atoms with Crippen molar-refractivity contribution in [1.82, 2.24) is 14.6 Å². The van der Waals surface area contributed by atoms with E-state index in [1.807, 2.05) is 36.6 Å². The van der Waals surface area contributed by atoms with Gasteiger partial charge in [-0.2, -0.15) is 0 Å². The summed E-state index contributed by atoms with van der Waals surface area (Å²) in [5.74, 6) is -1.26. The van der Waals surface area contributed by atoms with E-state index in [1.165, 1.54) is 22.6 Å². The Bertz CT molecular complexity index is 1290. The topological polar surface area (TPSA) is 101 Å². The molecule has 0 radical (unpaired) electrons. The number of nitrogens with one attached hydrogen (secondary N) is 1. The Kier molecular flexibility index (Phi) is 5.57. The molecule has 2 fully saturated rings. The van der Waals surface area contributed by atoms with Crippen LogP contribution < -0.4 is 11.0 Å². The quantitative estimate of drug-likeness (QED) is 0.585. The monoisotopic (exact) mass is 464 g/mol. The summed E-state index contributed by atoms with van der Waals surface area (Å²) in [5.41, 5.74) is 4.98. The zero-order chi connectivity index (χ0) is 23.1. The summed E-state index contributed by atoms with van der Waals surface area (Å²) in [6.45, 7) is 2.02. The molecule has 5 rings (SSSR count). The van der Waals surface area contributed by atoms with Gasteiger partial charge >= 0.3 is 0 Å². The number of aromatic nitrogens is 2. The van der Waals surface area contributed by atoms with Crippen molar-refractivity contribution in [2.45, 2.75) is 39.0 Å². The second-order valence-corrected chi connectivity index (χ2v) is 9.58. The molecule has 8 nitrogen and oxygen atoms in total. The molecular weight excluding hydrogens is 440 g/mol. The van der Waals surface area contributed by atoms with E-state index in [4.69, 9.17) is 0 Å². The van der Waals surface area contributed by atoms with E-state index in [0.717, 1.165) is 47.0 Å². The van der Waals surface area contributed by atoms with Crippen molar-refractivity contribution in [2.75, 3.05) is 12.0 Å². The number of fused-ring (bicyclic) bond motifs is 2. The van der Waals surface area contributed by atoms with Crippen LogP contribution in [0.2, 0.25) is 0 Å². The van der Waals surface area contributed by atoms with Gasteiger partial charge in [-0.15, -0.1) is 11.3 Å². The number of aryl methyl sites for hydroxylation is 1. The van der Waals surface area contributed by atoms with Crippen molar-refractivity contribution in [1.29, 1.82) is 0 Å². The Hall–Kier alpha value is -3.33. The summed E-state index contributed by atoms with van der Waals surface area (Å²) in [7, 11) is 0. The second-order valence-electron chi connectivity index (χ2n) is 8.73. The predicted molar refractivity (Wildman–Crippen MR) is 125 cm³/mol. The van der Waals surface area contributed by atoms with Crippen LogP contribution in [-0.4, -0.2) is 38.8 Å². The zero-order valence-electron chi connectivity index (χ0n) is 18.2. The van der Waals surface area contributed by atoms with Gasteiger partial charge in [0.1, 0.15) is 11.2 Å². The number of amides is 3. The predicted octanol–water partition coefficient (Wildman–Crippen LogP) is 3.07. The smallest absolute Gasteiger partial charge is 0.281 e. The molecule has 0 spiro atoms. The minimum absolute atomic E-state index is 0.0218. The molecule has 1 aromatic carbocycles. The van der Waals surface area contributed by atoms with Crippen LogP contribution in [0.15, 0.2) is 40.8 Å². The Morgan fingerprint density at radius 2 is 1.76 bits per heavy atom. The van der Waals surface area contributed by atoms with Crippen LogP contribution in [0.25, 0.3) is 21.3 Å². The Morgan fingerprint density at radius 3 is 2.42 bits per heavy atom. The van der Waals surface area contributed by atoms with Gasteiger partial charge in [0.15, 0.2) is 0 Å². The van der Waals surface area contributed by atoms with Crippen LogP contribution in [0.1, 0.15) is 37.7 Å². The summed E-state index contributed by atoms with van der Waals surface area (Å²) in [6, 6.07) is 7.86. The molecule has 0 unspecified atom stereocenters. The van der Waals surface area contributed by atoms with Gasteiger partial charge in [-0.3, -0.25) is 29.5 Å². The fourth-order valence-electron chi connectivity index (χ4n) is 4.81. The number of imide groups is 1. The van der Waals surface area contributed by atoms with Crippen LogP contribution in [0, 0.1) is 18.8 Å². The average molecular weight is 465 g/mol. The van der Waals surface area contributed by atoms with E-state index in [-0.39, 0.29) is 42.2 Å². The minimum Gasteiger partial charge on any atom is -0.282 e. The van der Waals surface area contributed by atoms with Crippen LogP contribution in [0.4, 0.5) is 0 Å². The fraction of sp³-hybridized carbons (Fsp3) is 0.375. The number of thiophene rings is 1. The van der Waals surface area contributed by atoms with Gasteiger partial charge < -0.3 is 0 Å². The van der Waals surface area contributed by atoms with E-state index in [9.17, 15) is 19.2 Å². The summed E-state index contributed by atoms with van der Waals surface area (Å²) in [6.07, 6.45) is 4.61. The molecule has 3 amide bonds. The standard InChI is InChI=1S/C24H24N4O4S/c1-14-6-8-15(9-7-14)18-12-33-21-20(18)24(32)28(13-25-21)26-19(29)10-11-27-22(30)16-4-2-3-5-17(16)23(27)31/h6-9,12-13,16-17H,2-5,10-11H2,1H3,(H,26,29)/t16-,17-/m1/s1. The lowest BCUT2D eigenvalue weighted by Crippen LogP contribution is -2.37. The first-order chi connectivity index (χ1) is 15.9. The number of benzene rings is 1. The number of hydrogen-bond acceptors (Lipinski definition) is 6. The normalized spacial score (nSPS) is 20.3. The summed E-state index contributed by atoms with van der Waals surface area (Å²) in [5, 5.41) is 2.33. The lowest BCUT2D eigenvalue weighted by Gasteiger charge is -2.19. The number of hydrogen-bond donors (Lipinski definition) is 1. The van der Waals surface area contributed by atoms with Crippen LogP contribution in [0.5, 0.6) is 0 Å². The highest BCUT2D eigenvalue weighted by atomic mass is 32.1. The van der Waals surface area contributed by atoms with Crippen LogP contribution in [-0.2, 0) is 14.4 Å². The molecule has 1 aliphatic heterocycles. The van der Waals surface area contributed by atoms with Crippen molar-refractivity contribution in [3.63, 3.8) is 0 Å². The maximum Gasteiger partial charge on any atom is 0.281 e. The first kappa shape index (κ1) is 21.5. The lowest BCUT2D eigenvalue weighted by molar-refractivity contribution is -0.140. The largest absolute Gasteiger partial charge is 0.282 e. The van der Waals surface area contributed by atoms with Gasteiger partial charge in [-0.1, -0.05) is 42.7 Å². The molecule has 9 heteroatoms. The number of likely N-dealkylation sites (tertiary alicyclic amines) is 1. The molecular formula is C24H24N4O4S. The van der Waals surface area contributed by atoms with E-state index in [1.54, 1.807) is 0 Å². The summed E-state index contributed by atoms with van der Waals surface area (Å²) < 4.78 is 1.07. The molecule has 2 atom stereocenters. The molecule has 2 aliphatic rings. The first-order valence-corrected chi connectivity index (χ1v) is 12.0. The summed E-state index contributed by atoms with van der Waals surface area (Å²) in [4.78, 5) is 57.0. The molecule has 0 bridgehead atoms. The molecule has 33 heavy (non-hydrogen) atoms. The third-order valence-corrected chi connectivity index (χ3v) is 7.48. The minimum atomic E-state index is -0.458. The first-order valence-electron chi connectivity index (χ1n) is 11.1. The lowest BCUT2D eigenvalue weighted by atomic mass is 9.81.